The molecule has 0 aromatic heterocycles. The Labute approximate surface area is 200 Å². The van der Waals surface area contributed by atoms with Crippen molar-refractivity contribution in [3.63, 3.8) is 0 Å². The average molecular weight is 492 g/mol. The molecule has 0 saturated heterocycles. The van der Waals surface area contributed by atoms with Gasteiger partial charge in [-0.3, -0.25) is 4.79 Å². The van der Waals surface area contributed by atoms with Crippen molar-refractivity contribution < 1.29 is 37.4 Å². The zero-order valence-electron chi connectivity index (χ0n) is 19.3. The number of carboxylic acid groups (broad SMARTS) is 1. The van der Waals surface area contributed by atoms with E-state index in [0.717, 1.165) is 22.3 Å². The summed E-state index contributed by atoms with van der Waals surface area (Å²) >= 11 is 0. The maximum absolute atomic E-state index is 13.4. The topological polar surface area (TPSA) is 105 Å². The van der Waals surface area contributed by atoms with Gasteiger partial charge in [-0.15, -0.1) is 0 Å². The van der Waals surface area contributed by atoms with Gasteiger partial charge in [-0.1, -0.05) is 48.5 Å². The molecule has 0 aliphatic heterocycles. The number of carboxylic acids is 1. The minimum Gasteiger partial charge on any atom is -0.480 e. The number of amides is 2. The first kappa shape index (κ1) is 26.1. The molecule has 2 amide bonds. The van der Waals surface area contributed by atoms with Crippen molar-refractivity contribution in [1.29, 1.82) is 0 Å². The van der Waals surface area contributed by atoms with Gasteiger partial charge in [-0.25, -0.2) is 9.59 Å². The second kappa shape index (κ2) is 10.4. The number of alkyl halides is 3. The van der Waals surface area contributed by atoms with E-state index >= 15 is 0 Å². The second-order valence-electron chi connectivity index (χ2n) is 8.96. The first-order valence-electron chi connectivity index (χ1n) is 11.1. The van der Waals surface area contributed by atoms with Crippen LogP contribution in [-0.4, -0.2) is 47.9 Å². The molecule has 0 heterocycles. The van der Waals surface area contributed by atoms with Crippen molar-refractivity contribution in [3.8, 4) is 11.1 Å². The quantitative estimate of drug-likeness (QED) is 0.479. The second-order valence-corrected chi connectivity index (χ2v) is 8.96. The average Bonchev–Trinajstić information content (AvgIpc) is 3.09. The van der Waals surface area contributed by atoms with Gasteiger partial charge in [0, 0.05) is 18.9 Å². The van der Waals surface area contributed by atoms with E-state index in [9.17, 15) is 27.6 Å². The Bertz CT molecular complexity index is 1060. The summed E-state index contributed by atoms with van der Waals surface area (Å²) in [5.41, 5.74) is 2.42. The number of carbonyl (C=O) groups excluding carboxylic acids is 2. The molecule has 0 saturated carbocycles. The molecule has 7 nitrogen and oxygen atoms in total. The third-order valence-electron chi connectivity index (χ3n) is 5.99. The highest BCUT2D eigenvalue weighted by atomic mass is 19.4. The fraction of sp³-hybridized carbons (Fsp3) is 0.400. The van der Waals surface area contributed by atoms with E-state index in [1.54, 1.807) is 0 Å². The Morgan fingerprint density at radius 3 is 2.06 bits per heavy atom. The largest absolute Gasteiger partial charge is 0.480 e. The molecule has 0 bridgehead atoms. The fourth-order valence-electron chi connectivity index (χ4n) is 4.06. The minimum absolute atomic E-state index is 0.0231. The minimum atomic E-state index is -4.70. The van der Waals surface area contributed by atoms with Crippen molar-refractivity contribution in [2.45, 2.75) is 44.3 Å². The number of halogens is 3. The Balaban J connectivity index is 1.52. The lowest BCUT2D eigenvalue weighted by atomic mass is 9.98. The van der Waals surface area contributed by atoms with Crippen LogP contribution in [0, 0.1) is 5.92 Å². The predicted octanol–water partition coefficient (Wildman–Crippen LogP) is 4.46. The first-order valence-corrected chi connectivity index (χ1v) is 11.1. The van der Waals surface area contributed by atoms with E-state index in [2.05, 4.69) is 10.6 Å². The van der Waals surface area contributed by atoms with Gasteiger partial charge >= 0.3 is 18.2 Å². The zero-order chi connectivity index (χ0) is 25.8. The smallest absolute Gasteiger partial charge is 0.407 e. The number of nitrogens with one attached hydrogen (secondary N) is 2. The maximum Gasteiger partial charge on any atom is 0.407 e. The number of aliphatic carboxylic acids is 1. The summed E-state index contributed by atoms with van der Waals surface area (Å²) in [5.74, 6) is -4.65. The van der Waals surface area contributed by atoms with Gasteiger partial charge in [0.15, 0.2) is 0 Å². The molecular weight excluding hydrogens is 465 g/mol. The molecule has 188 valence electrons. The van der Waals surface area contributed by atoms with Crippen molar-refractivity contribution in [3.05, 3.63) is 59.7 Å². The van der Waals surface area contributed by atoms with E-state index in [1.807, 2.05) is 48.5 Å². The number of fused-ring (bicyclic) bond motifs is 3. The highest BCUT2D eigenvalue weighted by Crippen LogP contribution is 2.44. The predicted molar refractivity (Wildman–Crippen MR) is 122 cm³/mol. The molecule has 2 aromatic rings. The van der Waals surface area contributed by atoms with E-state index in [1.165, 1.54) is 13.8 Å². The maximum atomic E-state index is 13.4. The van der Waals surface area contributed by atoms with Gasteiger partial charge in [0.2, 0.25) is 5.91 Å². The molecule has 1 unspecified atom stereocenters. The van der Waals surface area contributed by atoms with Crippen LogP contribution < -0.4 is 10.6 Å². The van der Waals surface area contributed by atoms with Gasteiger partial charge in [0.1, 0.15) is 12.1 Å². The van der Waals surface area contributed by atoms with Crippen LogP contribution in [0.4, 0.5) is 18.0 Å². The van der Waals surface area contributed by atoms with Crippen LogP contribution in [0.1, 0.15) is 43.7 Å². The fourth-order valence-corrected chi connectivity index (χ4v) is 4.06. The summed E-state index contributed by atoms with van der Waals surface area (Å²) in [6.45, 7) is 2.01. The van der Waals surface area contributed by atoms with Crippen LogP contribution in [0.15, 0.2) is 48.5 Å². The van der Waals surface area contributed by atoms with Crippen molar-refractivity contribution in [2.24, 2.45) is 5.92 Å². The summed E-state index contributed by atoms with van der Waals surface area (Å²) in [7, 11) is 0. The number of alkyl carbamates (subject to hydrolysis) is 1. The van der Waals surface area contributed by atoms with Crippen LogP contribution in [0.3, 0.4) is 0 Å². The Morgan fingerprint density at radius 1 is 1.00 bits per heavy atom. The SMILES string of the molecule is CC(C)(NC(=O)CC(CCNC(=O)OCC1c2ccccc2-c2ccccc21)C(F)(F)F)C(=O)O. The van der Waals surface area contributed by atoms with Gasteiger partial charge < -0.3 is 20.5 Å². The number of hydrogen-bond donors (Lipinski definition) is 3. The number of ether oxygens (including phenoxy) is 1. The van der Waals surface area contributed by atoms with Crippen molar-refractivity contribution >= 4 is 18.0 Å². The normalized spacial score (nSPS) is 14.0. The van der Waals surface area contributed by atoms with Crippen LogP contribution in [0.2, 0.25) is 0 Å². The monoisotopic (exact) mass is 492 g/mol. The molecule has 10 heteroatoms. The third kappa shape index (κ3) is 6.32. The summed E-state index contributed by atoms with van der Waals surface area (Å²) in [6, 6.07) is 15.5. The van der Waals surface area contributed by atoms with Gasteiger partial charge in [-0.05, 0) is 42.5 Å². The lowest BCUT2D eigenvalue weighted by Gasteiger charge is -2.24. The van der Waals surface area contributed by atoms with Crippen LogP contribution in [0.25, 0.3) is 11.1 Å². The lowest BCUT2D eigenvalue weighted by Crippen LogP contribution is -2.50. The molecule has 3 rings (SSSR count). The molecule has 1 aliphatic carbocycles. The molecule has 0 spiro atoms. The summed E-state index contributed by atoms with van der Waals surface area (Å²) in [4.78, 5) is 35.2. The summed E-state index contributed by atoms with van der Waals surface area (Å²) in [5, 5.41) is 13.4. The Hall–Kier alpha value is -3.56. The highest BCUT2D eigenvalue weighted by Gasteiger charge is 2.41. The molecule has 0 radical (unpaired) electrons. The molecular formula is C25H27F3N2O5. The van der Waals surface area contributed by atoms with Crippen molar-refractivity contribution in [1.82, 2.24) is 10.6 Å². The standard InChI is InChI=1S/C25H27F3N2O5/c1-24(2,22(32)33)30-21(31)13-15(25(26,27)28)11-12-29-23(34)35-14-20-18-9-5-3-7-16(18)17-8-4-6-10-19(17)20/h3-10,15,20H,11-14H2,1-2H3,(H,29,34)(H,30,31)(H,32,33). The van der Waals surface area contributed by atoms with Gasteiger partial charge in [0.05, 0.1) is 5.92 Å². The summed E-state index contributed by atoms with van der Waals surface area (Å²) < 4.78 is 45.5. The first-order chi connectivity index (χ1) is 16.4. The van der Waals surface area contributed by atoms with Crippen LogP contribution in [-0.2, 0) is 14.3 Å². The van der Waals surface area contributed by atoms with E-state index in [0.29, 0.717) is 0 Å². The lowest BCUT2D eigenvalue weighted by molar-refractivity contribution is -0.180. The molecule has 1 atom stereocenters. The molecule has 0 fully saturated rings. The molecule has 1 aliphatic rings. The van der Waals surface area contributed by atoms with E-state index in [4.69, 9.17) is 9.84 Å². The number of benzene rings is 2. The zero-order valence-corrected chi connectivity index (χ0v) is 19.3. The Kier molecular flexibility index (Phi) is 7.72. The molecule has 35 heavy (non-hydrogen) atoms. The number of carbonyl (C=O) groups is 3. The third-order valence-corrected chi connectivity index (χ3v) is 5.99. The molecule has 3 N–H and O–H groups in total. The number of rotatable bonds is 9. The Morgan fingerprint density at radius 2 is 1.54 bits per heavy atom. The van der Waals surface area contributed by atoms with E-state index in [-0.39, 0.29) is 19.1 Å². The van der Waals surface area contributed by atoms with Crippen molar-refractivity contribution in [2.75, 3.05) is 13.2 Å². The number of hydrogen-bond acceptors (Lipinski definition) is 4. The van der Waals surface area contributed by atoms with Gasteiger partial charge in [-0.2, -0.15) is 13.2 Å². The van der Waals surface area contributed by atoms with E-state index < -0.39 is 48.4 Å². The van der Waals surface area contributed by atoms with Gasteiger partial charge in [0.25, 0.3) is 0 Å². The van der Waals surface area contributed by atoms with Crippen LogP contribution >= 0.6 is 0 Å². The van der Waals surface area contributed by atoms with Crippen LogP contribution in [0.5, 0.6) is 0 Å². The molecule has 2 aromatic carbocycles. The highest BCUT2D eigenvalue weighted by molar-refractivity contribution is 5.86. The summed E-state index contributed by atoms with van der Waals surface area (Å²) in [6.07, 6.45) is -7.07.